The van der Waals surface area contributed by atoms with Crippen LogP contribution in [0, 0.1) is 18.3 Å². The van der Waals surface area contributed by atoms with E-state index >= 15 is 0 Å². The molecule has 6 heteroatoms. The lowest BCUT2D eigenvalue weighted by Gasteiger charge is -2.10. The molecule has 0 amide bonds. The predicted octanol–water partition coefficient (Wildman–Crippen LogP) is 2.98. The predicted molar refractivity (Wildman–Crippen MR) is 80.7 cm³/mol. The minimum absolute atomic E-state index is 0.605. The summed E-state index contributed by atoms with van der Waals surface area (Å²) in [6.07, 6.45) is 0. The molecule has 0 bridgehead atoms. The molecule has 5 nitrogen and oxygen atoms in total. The molecular weight excluding hydrogens is 320 g/mol. The third-order valence-corrected chi connectivity index (χ3v) is 3.69. The Balaban J connectivity index is 2.19. The van der Waals surface area contributed by atoms with E-state index in [0.29, 0.717) is 12.1 Å². The van der Waals surface area contributed by atoms with Crippen LogP contribution in [0.5, 0.6) is 5.88 Å². The van der Waals surface area contributed by atoms with Gasteiger partial charge < -0.3 is 10.1 Å². The van der Waals surface area contributed by atoms with E-state index in [1.807, 2.05) is 20.0 Å². The zero-order chi connectivity index (χ0) is 14.7. The number of halogens is 1. The lowest BCUT2D eigenvalue weighted by Crippen LogP contribution is -2.03. The molecule has 0 fully saturated rings. The van der Waals surface area contributed by atoms with Gasteiger partial charge in [-0.3, -0.25) is 0 Å². The van der Waals surface area contributed by atoms with Crippen LogP contribution in [-0.2, 0) is 13.6 Å². The molecule has 0 saturated carbocycles. The van der Waals surface area contributed by atoms with E-state index in [1.54, 1.807) is 23.9 Å². The zero-order valence-corrected chi connectivity index (χ0v) is 13.2. The zero-order valence-electron chi connectivity index (χ0n) is 11.6. The topological polar surface area (TPSA) is 62.9 Å². The number of benzene rings is 1. The van der Waals surface area contributed by atoms with Gasteiger partial charge in [0.15, 0.2) is 0 Å². The third-order valence-electron chi connectivity index (χ3n) is 3.04. The van der Waals surface area contributed by atoms with Gasteiger partial charge in [-0.2, -0.15) is 10.4 Å². The molecule has 1 aromatic heterocycles. The molecule has 0 spiro atoms. The van der Waals surface area contributed by atoms with Crippen molar-refractivity contribution < 1.29 is 4.74 Å². The Hall–Kier alpha value is -2.00. The number of nitrogens with zero attached hydrogens (tertiary/aromatic N) is 3. The molecule has 2 rings (SSSR count). The van der Waals surface area contributed by atoms with Gasteiger partial charge in [0.2, 0.25) is 5.88 Å². The molecule has 0 aliphatic heterocycles. The molecular formula is C14H15BrN4O. The number of anilines is 1. The van der Waals surface area contributed by atoms with Crippen LogP contribution in [0.3, 0.4) is 0 Å². The van der Waals surface area contributed by atoms with E-state index in [0.717, 1.165) is 27.3 Å². The van der Waals surface area contributed by atoms with Gasteiger partial charge in [0.25, 0.3) is 0 Å². The first-order valence-corrected chi connectivity index (χ1v) is 6.86. The second kappa shape index (κ2) is 5.97. The van der Waals surface area contributed by atoms with Crippen molar-refractivity contribution in [1.29, 1.82) is 5.26 Å². The maximum absolute atomic E-state index is 8.85. The summed E-state index contributed by atoms with van der Waals surface area (Å²) in [4.78, 5) is 0. The Bertz CT molecular complexity index is 673. The van der Waals surface area contributed by atoms with Crippen molar-refractivity contribution in [2.75, 3.05) is 12.4 Å². The average Bonchev–Trinajstić information content (AvgIpc) is 2.70. The van der Waals surface area contributed by atoms with Crippen molar-refractivity contribution in [3.05, 3.63) is 39.5 Å². The lowest BCUT2D eigenvalue weighted by atomic mass is 10.2. The van der Waals surface area contributed by atoms with Gasteiger partial charge in [0.1, 0.15) is 0 Å². The Morgan fingerprint density at radius 1 is 1.50 bits per heavy atom. The van der Waals surface area contributed by atoms with Crippen LogP contribution in [0.15, 0.2) is 22.7 Å². The summed E-state index contributed by atoms with van der Waals surface area (Å²) in [5.74, 6) is 0.750. The number of aryl methyl sites for hydroxylation is 2. The highest BCUT2D eigenvalue weighted by molar-refractivity contribution is 9.10. The first-order chi connectivity index (χ1) is 9.56. The highest BCUT2D eigenvalue weighted by Crippen LogP contribution is 2.26. The fraction of sp³-hybridized carbons (Fsp3) is 0.286. The maximum Gasteiger partial charge on any atom is 0.216 e. The lowest BCUT2D eigenvalue weighted by molar-refractivity contribution is 0.370. The molecule has 104 valence electrons. The minimum Gasteiger partial charge on any atom is -0.481 e. The van der Waals surface area contributed by atoms with Crippen molar-refractivity contribution >= 4 is 21.6 Å². The molecule has 2 aromatic rings. The van der Waals surface area contributed by atoms with Gasteiger partial charge in [-0.1, -0.05) is 0 Å². The SMILES string of the molecule is COc1c(CNc2ccc(C#N)cc2Br)c(C)nn1C. The molecule has 0 aliphatic rings. The second-order valence-corrected chi connectivity index (χ2v) is 5.21. The molecule has 0 atom stereocenters. The third kappa shape index (κ3) is 2.78. The first kappa shape index (κ1) is 14.4. The molecule has 0 aliphatic carbocycles. The van der Waals surface area contributed by atoms with E-state index in [1.165, 1.54) is 0 Å². The quantitative estimate of drug-likeness (QED) is 0.933. The van der Waals surface area contributed by atoms with Crippen LogP contribution < -0.4 is 10.1 Å². The second-order valence-electron chi connectivity index (χ2n) is 4.36. The summed E-state index contributed by atoms with van der Waals surface area (Å²) in [5.41, 5.74) is 3.50. The average molecular weight is 335 g/mol. The van der Waals surface area contributed by atoms with Crippen LogP contribution in [0.1, 0.15) is 16.8 Å². The van der Waals surface area contributed by atoms with Crippen LogP contribution in [0.25, 0.3) is 0 Å². The van der Waals surface area contributed by atoms with Crippen molar-refractivity contribution in [3.8, 4) is 11.9 Å². The minimum atomic E-state index is 0.605. The number of hydrogen-bond donors (Lipinski definition) is 1. The van der Waals surface area contributed by atoms with Crippen LogP contribution in [0.4, 0.5) is 5.69 Å². The Morgan fingerprint density at radius 2 is 2.25 bits per heavy atom. The number of hydrogen-bond acceptors (Lipinski definition) is 4. The fourth-order valence-corrected chi connectivity index (χ4v) is 2.57. The number of methoxy groups -OCH3 is 1. The monoisotopic (exact) mass is 334 g/mol. The van der Waals surface area contributed by atoms with Gasteiger partial charge in [0, 0.05) is 23.8 Å². The van der Waals surface area contributed by atoms with E-state index in [-0.39, 0.29) is 0 Å². The van der Waals surface area contributed by atoms with Gasteiger partial charge in [-0.15, -0.1) is 0 Å². The van der Waals surface area contributed by atoms with Gasteiger partial charge in [0.05, 0.1) is 30.0 Å². The summed E-state index contributed by atoms with van der Waals surface area (Å²) >= 11 is 3.46. The molecule has 0 saturated heterocycles. The van der Waals surface area contributed by atoms with E-state index in [4.69, 9.17) is 10.00 Å². The van der Waals surface area contributed by atoms with Crippen molar-refractivity contribution in [1.82, 2.24) is 9.78 Å². The normalized spacial score (nSPS) is 10.2. The van der Waals surface area contributed by atoms with Crippen molar-refractivity contribution in [2.24, 2.45) is 7.05 Å². The molecule has 1 N–H and O–H groups in total. The standard InChI is InChI=1S/C14H15BrN4O/c1-9-11(14(20-3)19(2)18-9)8-17-13-5-4-10(7-16)6-12(13)15/h4-6,17H,8H2,1-3H3. The summed E-state index contributed by atoms with van der Waals surface area (Å²) in [6.45, 7) is 2.56. The molecule has 0 unspecified atom stereocenters. The number of rotatable bonds is 4. The fourth-order valence-electron chi connectivity index (χ4n) is 2.05. The maximum atomic E-state index is 8.85. The number of aromatic nitrogens is 2. The van der Waals surface area contributed by atoms with Gasteiger partial charge in [-0.25, -0.2) is 4.68 Å². The summed E-state index contributed by atoms with van der Waals surface area (Å²) < 4.78 is 7.94. The summed E-state index contributed by atoms with van der Waals surface area (Å²) in [6, 6.07) is 7.55. The largest absolute Gasteiger partial charge is 0.481 e. The smallest absolute Gasteiger partial charge is 0.216 e. The van der Waals surface area contributed by atoms with Crippen LogP contribution >= 0.6 is 15.9 Å². The Morgan fingerprint density at radius 3 is 2.85 bits per heavy atom. The number of nitrogens with one attached hydrogen (secondary N) is 1. The van der Waals surface area contributed by atoms with E-state index in [9.17, 15) is 0 Å². The van der Waals surface area contributed by atoms with Gasteiger partial charge in [-0.05, 0) is 41.1 Å². The van der Waals surface area contributed by atoms with E-state index in [2.05, 4.69) is 32.4 Å². The highest BCUT2D eigenvalue weighted by Gasteiger charge is 2.13. The van der Waals surface area contributed by atoms with Crippen molar-refractivity contribution in [2.45, 2.75) is 13.5 Å². The Kier molecular flexibility index (Phi) is 4.30. The van der Waals surface area contributed by atoms with Gasteiger partial charge >= 0.3 is 0 Å². The Labute approximate surface area is 126 Å². The molecule has 0 radical (unpaired) electrons. The van der Waals surface area contributed by atoms with Crippen LogP contribution in [-0.4, -0.2) is 16.9 Å². The first-order valence-electron chi connectivity index (χ1n) is 6.06. The number of ether oxygens (including phenoxy) is 1. The van der Waals surface area contributed by atoms with Crippen LogP contribution in [0.2, 0.25) is 0 Å². The van der Waals surface area contributed by atoms with Crippen molar-refractivity contribution in [3.63, 3.8) is 0 Å². The highest BCUT2D eigenvalue weighted by atomic mass is 79.9. The molecule has 1 heterocycles. The molecule has 1 aromatic carbocycles. The molecule has 20 heavy (non-hydrogen) atoms. The summed E-state index contributed by atoms with van der Waals surface area (Å²) in [7, 11) is 3.49. The summed E-state index contributed by atoms with van der Waals surface area (Å²) in [5, 5.41) is 16.5. The van der Waals surface area contributed by atoms with E-state index < -0.39 is 0 Å². The number of nitriles is 1.